The molecule has 1 aliphatic heterocycles. The predicted octanol–water partition coefficient (Wildman–Crippen LogP) is 4.07. The van der Waals surface area contributed by atoms with Crippen molar-refractivity contribution in [2.24, 2.45) is 0 Å². The maximum Gasteiger partial charge on any atom is 0.119 e. The molecule has 0 radical (unpaired) electrons. The summed E-state index contributed by atoms with van der Waals surface area (Å²) in [7, 11) is 0. The molecule has 20 heavy (non-hydrogen) atoms. The summed E-state index contributed by atoms with van der Waals surface area (Å²) in [6.07, 6.45) is 0. The van der Waals surface area contributed by atoms with E-state index in [0.717, 1.165) is 19.0 Å². The molecule has 0 saturated heterocycles. The third kappa shape index (κ3) is 2.91. The van der Waals surface area contributed by atoms with Crippen LogP contribution in [-0.4, -0.2) is 13.2 Å². The van der Waals surface area contributed by atoms with Gasteiger partial charge in [0.25, 0.3) is 0 Å². The number of ether oxygens (including phenoxy) is 2. The normalized spacial score (nSPS) is 14.7. The first-order valence-electron chi connectivity index (χ1n) is 6.86. The quantitative estimate of drug-likeness (QED) is 0.830. The van der Waals surface area contributed by atoms with Crippen molar-refractivity contribution in [2.45, 2.75) is 13.5 Å². The average molecular weight is 266 g/mol. The molecule has 0 bridgehead atoms. The minimum absolute atomic E-state index is 0.602. The smallest absolute Gasteiger partial charge is 0.119 e. The molecule has 0 fully saturated rings. The lowest BCUT2D eigenvalue weighted by atomic mass is 10.0. The van der Waals surface area contributed by atoms with E-state index in [1.807, 2.05) is 30.3 Å². The van der Waals surface area contributed by atoms with E-state index in [0.29, 0.717) is 6.61 Å². The lowest BCUT2D eigenvalue weighted by Gasteiger charge is -2.08. The van der Waals surface area contributed by atoms with Gasteiger partial charge in [-0.05, 0) is 41.3 Å². The fraction of sp³-hybridized carbons (Fsp3) is 0.222. The lowest BCUT2D eigenvalue weighted by Crippen LogP contribution is -1.95. The van der Waals surface area contributed by atoms with Crippen molar-refractivity contribution in [2.75, 3.05) is 13.2 Å². The highest BCUT2D eigenvalue weighted by Crippen LogP contribution is 2.26. The minimum Gasteiger partial charge on any atom is -0.489 e. The van der Waals surface area contributed by atoms with Gasteiger partial charge in [-0.25, -0.2) is 0 Å². The minimum atomic E-state index is 0.602. The van der Waals surface area contributed by atoms with Gasteiger partial charge in [0.2, 0.25) is 0 Å². The summed E-state index contributed by atoms with van der Waals surface area (Å²) in [5.74, 6) is 0.898. The molecule has 0 amide bonds. The predicted molar refractivity (Wildman–Crippen MR) is 80.6 cm³/mol. The molecular formula is C18H18O2. The Morgan fingerprint density at radius 1 is 0.950 bits per heavy atom. The van der Waals surface area contributed by atoms with Crippen LogP contribution in [0, 0.1) is 0 Å². The first-order chi connectivity index (χ1) is 9.83. The summed E-state index contributed by atoms with van der Waals surface area (Å²) >= 11 is 0. The Hall–Kier alpha value is -2.06. The maximum absolute atomic E-state index is 5.79. The van der Waals surface area contributed by atoms with Crippen LogP contribution in [-0.2, 0) is 11.3 Å². The van der Waals surface area contributed by atoms with E-state index in [-0.39, 0.29) is 0 Å². The van der Waals surface area contributed by atoms with Gasteiger partial charge in [0, 0.05) is 0 Å². The Balaban J connectivity index is 1.66. The summed E-state index contributed by atoms with van der Waals surface area (Å²) < 4.78 is 11.2. The SMILES string of the molecule is CC1=C(c2ccc(OCc3ccccc3)cc2)COC1. The summed E-state index contributed by atoms with van der Waals surface area (Å²) in [5.41, 5.74) is 5.04. The number of rotatable bonds is 4. The maximum atomic E-state index is 5.79. The average Bonchev–Trinajstić information content (AvgIpc) is 2.93. The molecule has 0 atom stereocenters. The van der Waals surface area contributed by atoms with Crippen LogP contribution in [0.15, 0.2) is 60.2 Å². The van der Waals surface area contributed by atoms with Crippen molar-refractivity contribution in [3.63, 3.8) is 0 Å². The van der Waals surface area contributed by atoms with Gasteiger partial charge in [-0.15, -0.1) is 0 Å². The summed E-state index contributed by atoms with van der Waals surface area (Å²) in [4.78, 5) is 0. The zero-order valence-electron chi connectivity index (χ0n) is 11.6. The van der Waals surface area contributed by atoms with E-state index in [9.17, 15) is 0 Å². The fourth-order valence-electron chi connectivity index (χ4n) is 2.34. The van der Waals surface area contributed by atoms with Crippen LogP contribution in [0.2, 0.25) is 0 Å². The Morgan fingerprint density at radius 2 is 1.70 bits per heavy atom. The van der Waals surface area contributed by atoms with E-state index < -0.39 is 0 Å². The van der Waals surface area contributed by atoms with Crippen LogP contribution >= 0.6 is 0 Å². The summed E-state index contributed by atoms with van der Waals surface area (Å²) in [5, 5.41) is 0. The van der Waals surface area contributed by atoms with Gasteiger partial charge < -0.3 is 9.47 Å². The molecule has 0 aromatic heterocycles. The highest BCUT2D eigenvalue weighted by molar-refractivity contribution is 5.71. The topological polar surface area (TPSA) is 18.5 Å². The number of hydrogen-bond acceptors (Lipinski definition) is 2. The molecule has 1 aliphatic rings. The van der Waals surface area contributed by atoms with Gasteiger partial charge >= 0.3 is 0 Å². The standard InChI is InChI=1S/C18H18O2/c1-14-11-19-13-18(14)16-7-9-17(10-8-16)20-12-15-5-3-2-4-6-15/h2-10H,11-13H2,1H3. The summed E-state index contributed by atoms with van der Waals surface area (Å²) in [6.45, 7) is 4.20. The second kappa shape index (κ2) is 5.93. The fourth-order valence-corrected chi connectivity index (χ4v) is 2.34. The van der Waals surface area contributed by atoms with Gasteiger partial charge in [-0.2, -0.15) is 0 Å². The van der Waals surface area contributed by atoms with E-state index >= 15 is 0 Å². The van der Waals surface area contributed by atoms with Gasteiger partial charge in [0.1, 0.15) is 12.4 Å². The van der Waals surface area contributed by atoms with Crippen LogP contribution in [0.4, 0.5) is 0 Å². The van der Waals surface area contributed by atoms with Crippen LogP contribution in [0.5, 0.6) is 5.75 Å². The van der Waals surface area contributed by atoms with Gasteiger partial charge in [0.05, 0.1) is 13.2 Å². The highest BCUT2D eigenvalue weighted by Gasteiger charge is 2.12. The van der Waals surface area contributed by atoms with Crippen LogP contribution in [0.1, 0.15) is 18.1 Å². The first-order valence-corrected chi connectivity index (χ1v) is 6.86. The van der Waals surface area contributed by atoms with Gasteiger partial charge in [-0.1, -0.05) is 42.5 Å². The molecule has 0 unspecified atom stereocenters. The number of benzene rings is 2. The Kier molecular flexibility index (Phi) is 3.84. The largest absolute Gasteiger partial charge is 0.489 e. The number of hydrogen-bond donors (Lipinski definition) is 0. The molecule has 0 aliphatic carbocycles. The summed E-state index contributed by atoms with van der Waals surface area (Å²) in [6, 6.07) is 18.5. The van der Waals surface area contributed by atoms with Crippen LogP contribution in [0.25, 0.3) is 5.57 Å². The second-order valence-corrected chi connectivity index (χ2v) is 5.05. The second-order valence-electron chi connectivity index (χ2n) is 5.05. The lowest BCUT2D eigenvalue weighted by molar-refractivity contribution is 0.211. The molecule has 1 heterocycles. The van der Waals surface area contributed by atoms with Crippen LogP contribution in [0.3, 0.4) is 0 Å². The van der Waals surface area contributed by atoms with Crippen molar-refractivity contribution in [3.05, 3.63) is 71.3 Å². The van der Waals surface area contributed by atoms with Crippen molar-refractivity contribution >= 4 is 5.57 Å². The third-order valence-corrected chi connectivity index (χ3v) is 3.53. The first kappa shape index (κ1) is 12.9. The van der Waals surface area contributed by atoms with Crippen molar-refractivity contribution in [1.82, 2.24) is 0 Å². The van der Waals surface area contributed by atoms with Crippen molar-refractivity contribution in [1.29, 1.82) is 0 Å². The molecule has 102 valence electrons. The Bertz CT molecular complexity index is 597. The highest BCUT2D eigenvalue weighted by atomic mass is 16.5. The molecule has 2 aromatic carbocycles. The van der Waals surface area contributed by atoms with E-state index in [2.05, 4.69) is 31.2 Å². The van der Waals surface area contributed by atoms with E-state index in [1.54, 1.807) is 0 Å². The monoisotopic (exact) mass is 266 g/mol. The molecule has 0 spiro atoms. The van der Waals surface area contributed by atoms with E-state index in [1.165, 1.54) is 22.3 Å². The van der Waals surface area contributed by atoms with Gasteiger partial charge in [0.15, 0.2) is 0 Å². The molecule has 0 N–H and O–H groups in total. The van der Waals surface area contributed by atoms with Crippen molar-refractivity contribution in [3.8, 4) is 5.75 Å². The van der Waals surface area contributed by atoms with Crippen molar-refractivity contribution < 1.29 is 9.47 Å². The Morgan fingerprint density at radius 3 is 2.35 bits per heavy atom. The van der Waals surface area contributed by atoms with Crippen LogP contribution < -0.4 is 4.74 Å². The zero-order chi connectivity index (χ0) is 13.8. The molecule has 2 nitrogen and oxygen atoms in total. The van der Waals surface area contributed by atoms with Gasteiger partial charge in [-0.3, -0.25) is 0 Å². The molecular weight excluding hydrogens is 248 g/mol. The van der Waals surface area contributed by atoms with E-state index in [4.69, 9.17) is 9.47 Å². The Labute approximate surface area is 119 Å². The molecule has 2 aromatic rings. The molecule has 0 saturated carbocycles. The zero-order valence-corrected chi connectivity index (χ0v) is 11.6. The molecule has 3 rings (SSSR count). The molecule has 2 heteroatoms. The third-order valence-electron chi connectivity index (χ3n) is 3.53.